The first kappa shape index (κ1) is 11.1. The molecule has 15 heavy (non-hydrogen) atoms. The highest BCUT2D eigenvalue weighted by molar-refractivity contribution is 9.10. The number of halogens is 1. The second kappa shape index (κ2) is 4.62. The van der Waals surface area contributed by atoms with Gasteiger partial charge in [0.05, 0.1) is 0 Å². The monoisotopic (exact) mass is 268 g/mol. The summed E-state index contributed by atoms with van der Waals surface area (Å²) in [6.07, 6.45) is 5.11. The third-order valence-electron chi connectivity index (χ3n) is 3.06. The van der Waals surface area contributed by atoms with Gasteiger partial charge in [-0.05, 0) is 46.8 Å². The molecule has 2 nitrogen and oxygen atoms in total. The van der Waals surface area contributed by atoms with Gasteiger partial charge in [-0.15, -0.1) is 0 Å². The summed E-state index contributed by atoms with van der Waals surface area (Å²) in [4.78, 5) is 6.73. The fraction of sp³-hybridized carbons (Fsp3) is 0.583. The second-order valence-corrected chi connectivity index (χ2v) is 5.55. The lowest BCUT2D eigenvalue weighted by Crippen LogP contribution is -2.26. The van der Waals surface area contributed by atoms with Gasteiger partial charge in [-0.3, -0.25) is 9.88 Å². The summed E-state index contributed by atoms with van der Waals surface area (Å²) in [5.41, 5.74) is 1.30. The lowest BCUT2D eigenvalue weighted by molar-refractivity contribution is 0.256. The van der Waals surface area contributed by atoms with Crippen LogP contribution in [0, 0.1) is 5.92 Å². The topological polar surface area (TPSA) is 16.1 Å². The van der Waals surface area contributed by atoms with Gasteiger partial charge in [-0.1, -0.05) is 6.92 Å². The van der Waals surface area contributed by atoms with Crippen molar-refractivity contribution in [1.29, 1.82) is 0 Å². The third-order valence-corrected chi connectivity index (χ3v) is 3.49. The van der Waals surface area contributed by atoms with Crippen molar-refractivity contribution in [3.8, 4) is 0 Å². The number of pyridine rings is 1. The quantitative estimate of drug-likeness (QED) is 0.820. The van der Waals surface area contributed by atoms with Gasteiger partial charge in [0.25, 0.3) is 0 Å². The van der Waals surface area contributed by atoms with Gasteiger partial charge in [-0.25, -0.2) is 0 Å². The molecule has 0 saturated carbocycles. The van der Waals surface area contributed by atoms with Crippen LogP contribution in [0.5, 0.6) is 0 Å². The number of hydrogen-bond acceptors (Lipinski definition) is 2. The van der Waals surface area contributed by atoms with E-state index in [-0.39, 0.29) is 0 Å². The summed E-state index contributed by atoms with van der Waals surface area (Å²) in [6.45, 7) is 6.89. The Balaban J connectivity index is 2.03. The van der Waals surface area contributed by atoms with E-state index < -0.39 is 0 Å². The molecular weight excluding hydrogens is 252 g/mol. The molecule has 3 heteroatoms. The molecule has 0 radical (unpaired) electrons. The SMILES string of the molecule is CC1CC(C)N(Cc2cncc(Br)c2)C1. The van der Waals surface area contributed by atoms with Crippen molar-refractivity contribution in [2.45, 2.75) is 32.9 Å². The largest absolute Gasteiger partial charge is 0.296 e. The van der Waals surface area contributed by atoms with Gasteiger partial charge in [0.2, 0.25) is 0 Å². The van der Waals surface area contributed by atoms with E-state index in [1.807, 2.05) is 12.4 Å². The first-order valence-corrected chi connectivity index (χ1v) is 6.28. The summed E-state index contributed by atoms with van der Waals surface area (Å²) in [5, 5.41) is 0. The molecule has 2 rings (SSSR count). The Morgan fingerprint density at radius 3 is 2.87 bits per heavy atom. The minimum absolute atomic E-state index is 0.707. The smallest absolute Gasteiger partial charge is 0.0410 e. The molecule has 1 aromatic rings. The van der Waals surface area contributed by atoms with Crippen LogP contribution in [0.15, 0.2) is 22.9 Å². The Morgan fingerprint density at radius 2 is 2.27 bits per heavy atom. The summed E-state index contributed by atoms with van der Waals surface area (Å²) in [6, 6.07) is 2.86. The average molecular weight is 269 g/mol. The number of rotatable bonds is 2. The third kappa shape index (κ3) is 2.79. The molecule has 2 atom stereocenters. The highest BCUT2D eigenvalue weighted by Crippen LogP contribution is 2.24. The highest BCUT2D eigenvalue weighted by atomic mass is 79.9. The zero-order valence-electron chi connectivity index (χ0n) is 9.28. The van der Waals surface area contributed by atoms with Crippen LogP contribution in [0.1, 0.15) is 25.8 Å². The Morgan fingerprint density at radius 1 is 1.47 bits per heavy atom. The molecule has 82 valence electrons. The molecule has 1 aliphatic heterocycles. The summed E-state index contributed by atoms with van der Waals surface area (Å²) < 4.78 is 1.07. The molecule has 2 unspecified atom stereocenters. The maximum atomic E-state index is 4.20. The van der Waals surface area contributed by atoms with Crippen molar-refractivity contribution in [1.82, 2.24) is 9.88 Å². The summed E-state index contributed by atoms with van der Waals surface area (Å²) >= 11 is 3.46. The summed E-state index contributed by atoms with van der Waals surface area (Å²) in [5.74, 6) is 0.833. The maximum Gasteiger partial charge on any atom is 0.0410 e. The molecule has 1 fully saturated rings. The lowest BCUT2D eigenvalue weighted by atomic mass is 10.1. The molecule has 0 N–H and O–H groups in total. The molecule has 0 bridgehead atoms. The van der Waals surface area contributed by atoms with Crippen molar-refractivity contribution < 1.29 is 0 Å². The van der Waals surface area contributed by atoms with Crippen LogP contribution in [-0.2, 0) is 6.54 Å². The lowest BCUT2D eigenvalue weighted by Gasteiger charge is -2.20. The predicted molar refractivity (Wildman–Crippen MR) is 65.6 cm³/mol. The molecule has 0 aliphatic carbocycles. The van der Waals surface area contributed by atoms with E-state index in [0.717, 1.165) is 16.9 Å². The fourth-order valence-electron chi connectivity index (χ4n) is 2.38. The van der Waals surface area contributed by atoms with E-state index in [1.54, 1.807) is 0 Å². The van der Waals surface area contributed by atoms with Crippen molar-refractivity contribution in [2.75, 3.05) is 6.54 Å². The Bertz CT molecular complexity index is 340. The van der Waals surface area contributed by atoms with E-state index in [4.69, 9.17) is 0 Å². The normalized spacial score (nSPS) is 27.1. The Hall–Kier alpha value is -0.410. The van der Waals surface area contributed by atoms with Crippen molar-refractivity contribution in [2.24, 2.45) is 5.92 Å². The molecule has 0 amide bonds. The van der Waals surface area contributed by atoms with Gasteiger partial charge in [-0.2, -0.15) is 0 Å². The highest BCUT2D eigenvalue weighted by Gasteiger charge is 2.25. The molecule has 1 aliphatic rings. The van der Waals surface area contributed by atoms with E-state index in [0.29, 0.717) is 6.04 Å². The number of hydrogen-bond donors (Lipinski definition) is 0. The van der Waals surface area contributed by atoms with Crippen molar-refractivity contribution in [3.05, 3.63) is 28.5 Å². The van der Waals surface area contributed by atoms with E-state index >= 15 is 0 Å². The minimum Gasteiger partial charge on any atom is -0.296 e. The fourth-order valence-corrected chi connectivity index (χ4v) is 2.80. The summed E-state index contributed by atoms with van der Waals surface area (Å²) in [7, 11) is 0. The van der Waals surface area contributed by atoms with Gasteiger partial charge in [0, 0.05) is 36.0 Å². The number of aromatic nitrogens is 1. The van der Waals surface area contributed by atoms with Gasteiger partial charge >= 0.3 is 0 Å². The maximum absolute atomic E-state index is 4.20. The molecule has 2 heterocycles. The minimum atomic E-state index is 0.707. The standard InChI is InChI=1S/C12H17BrN2/c1-9-3-10(2)15(7-9)8-11-4-12(13)6-14-5-11/h4-6,9-10H,3,7-8H2,1-2H3. The zero-order chi connectivity index (χ0) is 10.8. The Labute approximate surface area is 99.8 Å². The van der Waals surface area contributed by atoms with Crippen molar-refractivity contribution >= 4 is 15.9 Å². The van der Waals surface area contributed by atoms with Crippen molar-refractivity contribution in [3.63, 3.8) is 0 Å². The van der Waals surface area contributed by atoms with Crippen LogP contribution in [0.3, 0.4) is 0 Å². The second-order valence-electron chi connectivity index (χ2n) is 4.63. The van der Waals surface area contributed by atoms with Crippen LogP contribution in [-0.4, -0.2) is 22.5 Å². The van der Waals surface area contributed by atoms with Crippen LogP contribution in [0.25, 0.3) is 0 Å². The molecule has 1 saturated heterocycles. The zero-order valence-corrected chi connectivity index (χ0v) is 10.9. The van der Waals surface area contributed by atoms with Crippen LogP contribution < -0.4 is 0 Å². The first-order valence-electron chi connectivity index (χ1n) is 5.48. The van der Waals surface area contributed by atoms with Gasteiger partial charge in [0.1, 0.15) is 0 Å². The molecule has 0 aromatic carbocycles. The van der Waals surface area contributed by atoms with Crippen LogP contribution in [0.4, 0.5) is 0 Å². The average Bonchev–Trinajstić information content (AvgIpc) is 2.45. The molecule has 0 spiro atoms. The Kier molecular flexibility index (Phi) is 3.42. The molecular formula is C12H17BrN2. The van der Waals surface area contributed by atoms with Gasteiger partial charge < -0.3 is 0 Å². The number of likely N-dealkylation sites (tertiary alicyclic amines) is 1. The predicted octanol–water partition coefficient (Wildman–Crippen LogP) is 3.07. The van der Waals surface area contributed by atoms with Gasteiger partial charge in [0.15, 0.2) is 0 Å². The van der Waals surface area contributed by atoms with Crippen LogP contribution in [0.2, 0.25) is 0 Å². The molecule has 1 aromatic heterocycles. The van der Waals surface area contributed by atoms with E-state index in [2.05, 4.69) is 45.7 Å². The van der Waals surface area contributed by atoms with E-state index in [9.17, 15) is 0 Å². The van der Waals surface area contributed by atoms with E-state index in [1.165, 1.54) is 18.5 Å². The first-order chi connectivity index (χ1) is 7.15. The number of nitrogens with zero attached hydrogens (tertiary/aromatic N) is 2. The van der Waals surface area contributed by atoms with Crippen LogP contribution >= 0.6 is 15.9 Å².